The highest BCUT2D eigenvalue weighted by atomic mass is 16.7. The molecule has 0 spiro atoms. The Kier molecular flexibility index (Phi) is 10.8. The molecule has 0 radical (unpaired) electrons. The number of hydrogen-bond acceptors (Lipinski definition) is 4. The van der Waals surface area contributed by atoms with Crippen LogP contribution in [0.1, 0.15) is 27.7 Å². The normalized spacial score (nSPS) is 12.1. The van der Waals surface area contributed by atoms with Crippen LogP contribution < -0.4 is 0 Å². The van der Waals surface area contributed by atoms with Gasteiger partial charge in [-0.15, -0.1) is 0 Å². The highest BCUT2D eigenvalue weighted by Crippen LogP contribution is 2.02. The Morgan fingerprint density at radius 1 is 0.625 bits per heavy atom. The number of hydrogen-bond donors (Lipinski definition) is 0. The molecular weight excluding hydrogens is 208 g/mol. The van der Waals surface area contributed by atoms with Crippen molar-refractivity contribution in [1.29, 1.82) is 0 Å². The van der Waals surface area contributed by atoms with Crippen LogP contribution in [0.3, 0.4) is 0 Å². The molecule has 96 valence electrons. The van der Waals surface area contributed by atoms with Crippen molar-refractivity contribution in [3.8, 4) is 0 Å². The summed E-state index contributed by atoms with van der Waals surface area (Å²) >= 11 is 0. The molecule has 0 saturated carbocycles. The average molecular weight is 232 g/mol. The molecule has 0 aromatic rings. The van der Waals surface area contributed by atoms with Crippen molar-refractivity contribution in [3.63, 3.8) is 0 Å². The monoisotopic (exact) mass is 232 g/mol. The average Bonchev–Trinajstić information content (AvgIpc) is 2.27. The minimum absolute atomic E-state index is 0.321. The molecule has 0 aliphatic heterocycles. The molecule has 0 rings (SSSR count). The topological polar surface area (TPSA) is 36.9 Å². The minimum atomic E-state index is -0.321. The van der Waals surface area contributed by atoms with Crippen molar-refractivity contribution < 1.29 is 18.9 Å². The van der Waals surface area contributed by atoms with E-state index in [1.165, 1.54) is 0 Å². The van der Waals surface area contributed by atoms with E-state index in [0.29, 0.717) is 26.4 Å². The van der Waals surface area contributed by atoms with Gasteiger partial charge in [0.05, 0.1) is 0 Å². The first kappa shape index (κ1) is 15.6. The van der Waals surface area contributed by atoms with E-state index >= 15 is 0 Å². The van der Waals surface area contributed by atoms with Gasteiger partial charge in [-0.25, -0.2) is 0 Å². The van der Waals surface area contributed by atoms with Crippen LogP contribution in [0.25, 0.3) is 0 Å². The van der Waals surface area contributed by atoms with Gasteiger partial charge in [-0.2, -0.15) is 0 Å². The van der Waals surface area contributed by atoms with Gasteiger partial charge in [0, 0.05) is 26.4 Å². The van der Waals surface area contributed by atoms with E-state index in [0.717, 1.165) is 0 Å². The van der Waals surface area contributed by atoms with Crippen molar-refractivity contribution in [2.75, 3.05) is 26.4 Å². The third-order valence-corrected chi connectivity index (χ3v) is 1.75. The third kappa shape index (κ3) is 7.82. The molecule has 0 amide bonds. The van der Waals surface area contributed by atoms with Gasteiger partial charge in [0.15, 0.2) is 12.6 Å². The van der Waals surface area contributed by atoms with Crippen molar-refractivity contribution in [2.45, 2.75) is 40.3 Å². The molecule has 0 aliphatic carbocycles. The molecule has 0 aromatic carbocycles. The van der Waals surface area contributed by atoms with Crippen LogP contribution in [-0.2, 0) is 18.9 Å². The summed E-state index contributed by atoms with van der Waals surface area (Å²) in [5, 5.41) is 0. The minimum Gasteiger partial charge on any atom is -0.349 e. The summed E-state index contributed by atoms with van der Waals surface area (Å²) < 4.78 is 21.5. The molecular formula is C12H24O4. The SMILES string of the molecule is CCOC(/C=C\C(OCC)OCC)OCC. The Morgan fingerprint density at radius 3 is 1.06 bits per heavy atom. The second kappa shape index (κ2) is 11.1. The molecule has 0 aliphatic rings. The first-order valence-electron chi connectivity index (χ1n) is 5.93. The zero-order chi connectivity index (χ0) is 12.2. The van der Waals surface area contributed by atoms with E-state index in [-0.39, 0.29) is 12.6 Å². The highest BCUT2D eigenvalue weighted by molar-refractivity contribution is 4.88. The maximum atomic E-state index is 5.37. The fourth-order valence-electron chi connectivity index (χ4n) is 1.16. The summed E-state index contributed by atoms with van der Waals surface area (Å²) in [6, 6.07) is 0. The molecule has 0 unspecified atom stereocenters. The summed E-state index contributed by atoms with van der Waals surface area (Å²) in [5.74, 6) is 0. The van der Waals surface area contributed by atoms with Crippen LogP contribution in [0.2, 0.25) is 0 Å². The Labute approximate surface area is 98.5 Å². The summed E-state index contributed by atoms with van der Waals surface area (Å²) in [6.07, 6.45) is 3.00. The zero-order valence-corrected chi connectivity index (χ0v) is 10.8. The lowest BCUT2D eigenvalue weighted by molar-refractivity contribution is -0.115. The molecule has 0 heterocycles. The van der Waals surface area contributed by atoms with Crippen LogP contribution in [0.4, 0.5) is 0 Å². The Hall–Kier alpha value is -0.420. The van der Waals surface area contributed by atoms with Crippen molar-refractivity contribution >= 4 is 0 Å². The van der Waals surface area contributed by atoms with E-state index < -0.39 is 0 Å². The second-order valence-electron chi connectivity index (χ2n) is 2.94. The fourth-order valence-corrected chi connectivity index (χ4v) is 1.16. The van der Waals surface area contributed by atoms with Gasteiger partial charge in [0.25, 0.3) is 0 Å². The second-order valence-corrected chi connectivity index (χ2v) is 2.94. The van der Waals surface area contributed by atoms with Crippen LogP contribution in [0.5, 0.6) is 0 Å². The van der Waals surface area contributed by atoms with Gasteiger partial charge in [-0.1, -0.05) is 0 Å². The van der Waals surface area contributed by atoms with Gasteiger partial charge in [0.2, 0.25) is 0 Å². The molecule has 0 bridgehead atoms. The van der Waals surface area contributed by atoms with Crippen molar-refractivity contribution in [2.24, 2.45) is 0 Å². The summed E-state index contributed by atoms with van der Waals surface area (Å²) in [6.45, 7) is 10.2. The van der Waals surface area contributed by atoms with Crippen molar-refractivity contribution in [1.82, 2.24) is 0 Å². The molecule has 0 atom stereocenters. The van der Waals surface area contributed by atoms with E-state index in [9.17, 15) is 0 Å². The van der Waals surface area contributed by atoms with Gasteiger partial charge >= 0.3 is 0 Å². The molecule has 0 saturated heterocycles. The molecule has 4 heteroatoms. The lowest BCUT2D eigenvalue weighted by Gasteiger charge is -2.15. The summed E-state index contributed by atoms with van der Waals surface area (Å²) in [5.41, 5.74) is 0. The molecule has 4 nitrogen and oxygen atoms in total. The largest absolute Gasteiger partial charge is 0.349 e. The molecule has 0 N–H and O–H groups in total. The number of ether oxygens (including phenoxy) is 4. The first-order chi connectivity index (χ1) is 7.78. The summed E-state index contributed by atoms with van der Waals surface area (Å²) in [4.78, 5) is 0. The lowest BCUT2D eigenvalue weighted by Crippen LogP contribution is -2.18. The van der Waals surface area contributed by atoms with Gasteiger partial charge in [0.1, 0.15) is 0 Å². The van der Waals surface area contributed by atoms with E-state index in [1.54, 1.807) is 0 Å². The highest BCUT2D eigenvalue weighted by Gasteiger charge is 2.06. The molecule has 0 fully saturated rings. The Bertz CT molecular complexity index is 140. The lowest BCUT2D eigenvalue weighted by atomic mass is 10.4. The Balaban J connectivity index is 4.12. The zero-order valence-electron chi connectivity index (χ0n) is 10.8. The summed E-state index contributed by atoms with van der Waals surface area (Å²) in [7, 11) is 0. The maximum absolute atomic E-state index is 5.37. The van der Waals surface area contributed by atoms with Gasteiger partial charge in [-0.3, -0.25) is 0 Å². The van der Waals surface area contributed by atoms with E-state index in [2.05, 4.69) is 0 Å². The van der Waals surface area contributed by atoms with E-state index in [4.69, 9.17) is 18.9 Å². The third-order valence-electron chi connectivity index (χ3n) is 1.75. The fraction of sp³-hybridized carbons (Fsp3) is 0.833. The molecule has 16 heavy (non-hydrogen) atoms. The molecule has 0 aromatic heterocycles. The Morgan fingerprint density at radius 2 is 0.875 bits per heavy atom. The van der Waals surface area contributed by atoms with Crippen LogP contribution in [-0.4, -0.2) is 39.0 Å². The maximum Gasteiger partial charge on any atom is 0.176 e. The van der Waals surface area contributed by atoms with Crippen LogP contribution in [0.15, 0.2) is 12.2 Å². The predicted molar refractivity (Wildman–Crippen MR) is 63.2 cm³/mol. The first-order valence-corrected chi connectivity index (χ1v) is 5.93. The predicted octanol–water partition coefficient (Wildman–Crippen LogP) is 2.34. The number of rotatable bonds is 10. The van der Waals surface area contributed by atoms with Crippen molar-refractivity contribution in [3.05, 3.63) is 12.2 Å². The quantitative estimate of drug-likeness (QED) is 0.428. The van der Waals surface area contributed by atoms with Gasteiger partial charge < -0.3 is 18.9 Å². The smallest absolute Gasteiger partial charge is 0.176 e. The van der Waals surface area contributed by atoms with E-state index in [1.807, 2.05) is 39.8 Å². The standard InChI is InChI=1S/C12H24O4/c1-5-13-11(14-6-2)9-10-12(15-7-3)16-8-4/h9-12H,5-8H2,1-4H3/b10-9-. The van der Waals surface area contributed by atoms with Gasteiger partial charge in [-0.05, 0) is 39.8 Å². The van der Waals surface area contributed by atoms with Crippen LogP contribution >= 0.6 is 0 Å². The van der Waals surface area contributed by atoms with Crippen LogP contribution in [0, 0.1) is 0 Å².